The fourth-order valence-electron chi connectivity index (χ4n) is 1.34. The van der Waals surface area contributed by atoms with E-state index in [2.05, 4.69) is 20.9 Å². The zero-order valence-corrected chi connectivity index (χ0v) is 11.2. The Hall–Kier alpha value is -1.21. The molecule has 1 atom stereocenters. The van der Waals surface area contributed by atoms with E-state index in [1.807, 2.05) is 0 Å². The van der Waals surface area contributed by atoms with Crippen LogP contribution in [0.25, 0.3) is 0 Å². The van der Waals surface area contributed by atoms with Crippen molar-refractivity contribution >= 4 is 27.4 Å². The van der Waals surface area contributed by atoms with E-state index in [0.29, 0.717) is 23.3 Å². The first-order valence-electron chi connectivity index (χ1n) is 5.11. The normalized spacial score (nSPS) is 12.2. The van der Waals surface area contributed by atoms with Gasteiger partial charge >= 0.3 is 5.69 Å². The van der Waals surface area contributed by atoms with Crippen LogP contribution >= 0.6 is 15.9 Å². The number of hydrogen-bond acceptors (Lipinski definition) is 5. The zero-order chi connectivity index (χ0) is 13.0. The van der Waals surface area contributed by atoms with Crippen LogP contribution in [0.2, 0.25) is 0 Å². The molecule has 17 heavy (non-hydrogen) atoms. The van der Waals surface area contributed by atoms with E-state index < -0.39 is 11.0 Å². The minimum absolute atomic E-state index is 0.0486. The Bertz CT molecular complexity index is 412. The van der Waals surface area contributed by atoms with E-state index in [1.54, 1.807) is 18.9 Å². The van der Waals surface area contributed by atoms with Crippen LogP contribution < -0.4 is 4.90 Å². The number of anilines is 1. The molecule has 0 amide bonds. The maximum atomic E-state index is 10.9. The van der Waals surface area contributed by atoms with Crippen molar-refractivity contribution in [2.24, 2.45) is 0 Å². The second kappa shape index (κ2) is 5.92. The van der Waals surface area contributed by atoms with Gasteiger partial charge in [0.05, 0.1) is 11.0 Å². The topological polar surface area (TPSA) is 79.5 Å². The first-order valence-corrected chi connectivity index (χ1v) is 5.90. The van der Waals surface area contributed by atoms with Gasteiger partial charge in [-0.15, -0.1) is 0 Å². The lowest BCUT2D eigenvalue weighted by Crippen LogP contribution is -2.23. The van der Waals surface area contributed by atoms with Gasteiger partial charge in [-0.25, -0.2) is 4.98 Å². The fourth-order valence-corrected chi connectivity index (χ4v) is 1.66. The molecular formula is C10H14BrN3O3. The molecule has 0 saturated heterocycles. The maximum absolute atomic E-state index is 10.9. The molecule has 1 rings (SSSR count). The minimum Gasteiger partial charge on any atom is -0.393 e. The summed E-state index contributed by atoms with van der Waals surface area (Å²) in [5.41, 5.74) is -0.0486. The Morgan fingerprint density at radius 3 is 2.88 bits per heavy atom. The first-order chi connectivity index (χ1) is 7.91. The molecule has 1 unspecified atom stereocenters. The number of aliphatic hydroxyl groups excluding tert-OH is 1. The molecule has 1 N–H and O–H groups in total. The van der Waals surface area contributed by atoms with E-state index in [1.165, 1.54) is 12.3 Å². The molecule has 0 aliphatic carbocycles. The monoisotopic (exact) mass is 303 g/mol. The van der Waals surface area contributed by atoms with Crippen LogP contribution in [0, 0.1) is 10.1 Å². The van der Waals surface area contributed by atoms with E-state index in [9.17, 15) is 15.2 Å². The van der Waals surface area contributed by atoms with Gasteiger partial charge in [0.1, 0.15) is 0 Å². The van der Waals surface area contributed by atoms with E-state index in [0.717, 1.165) is 0 Å². The van der Waals surface area contributed by atoms with Gasteiger partial charge in [-0.2, -0.15) is 0 Å². The highest BCUT2D eigenvalue weighted by Gasteiger charge is 2.19. The molecule has 7 heteroatoms. The SMILES string of the molecule is CC(O)CCN(C)c1ncc(Br)cc1[N+](=O)[O-]. The van der Waals surface area contributed by atoms with Crippen molar-refractivity contribution in [2.75, 3.05) is 18.5 Å². The molecule has 1 heterocycles. The summed E-state index contributed by atoms with van der Waals surface area (Å²) in [4.78, 5) is 16.1. The van der Waals surface area contributed by atoms with Crippen molar-refractivity contribution in [1.29, 1.82) is 0 Å². The highest BCUT2D eigenvalue weighted by Crippen LogP contribution is 2.27. The van der Waals surface area contributed by atoms with Crippen LogP contribution in [0.1, 0.15) is 13.3 Å². The van der Waals surface area contributed by atoms with Crippen molar-refractivity contribution in [3.05, 3.63) is 26.9 Å². The molecular weight excluding hydrogens is 290 g/mol. The van der Waals surface area contributed by atoms with Gasteiger partial charge in [-0.05, 0) is 29.3 Å². The van der Waals surface area contributed by atoms with Crippen molar-refractivity contribution < 1.29 is 10.0 Å². The highest BCUT2D eigenvalue weighted by atomic mass is 79.9. The Labute approximate surface area is 108 Å². The van der Waals surface area contributed by atoms with Gasteiger partial charge in [-0.3, -0.25) is 10.1 Å². The van der Waals surface area contributed by atoms with Gasteiger partial charge < -0.3 is 10.0 Å². The second-order valence-corrected chi connectivity index (χ2v) is 4.73. The summed E-state index contributed by atoms with van der Waals surface area (Å²) >= 11 is 3.15. The van der Waals surface area contributed by atoms with Gasteiger partial charge in [0.25, 0.3) is 0 Å². The number of aliphatic hydroxyl groups is 1. The van der Waals surface area contributed by atoms with Crippen LogP contribution in [0.4, 0.5) is 11.5 Å². The Morgan fingerprint density at radius 2 is 2.35 bits per heavy atom. The minimum atomic E-state index is -0.466. The Morgan fingerprint density at radius 1 is 1.71 bits per heavy atom. The van der Waals surface area contributed by atoms with E-state index in [4.69, 9.17) is 0 Å². The number of nitro groups is 1. The van der Waals surface area contributed by atoms with Gasteiger partial charge in [0, 0.05) is 30.3 Å². The summed E-state index contributed by atoms with van der Waals surface area (Å²) in [5, 5.41) is 20.1. The lowest BCUT2D eigenvalue weighted by atomic mass is 10.2. The number of nitrogens with zero attached hydrogens (tertiary/aromatic N) is 3. The predicted octanol–water partition coefficient (Wildman–Crippen LogP) is 1.96. The van der Waals surface area contributed by atoms with Gasteiger partial charge in [0.15, 0.2) is 0 Å². The molecule has 0 aromatic carbocycles. The molecule has 0 radical (unpaired) electrons. The van der Waals surface area contributed by atoms with Crippen LogP contribution in [0.5, 0.6) is 0 Å². The third-order valence-corrected chi connectivity index (χ3v) is 2.69. The lowest BCUT2D eigenvalue weighted by molar-refractivity contribution is -0.384. The largest absolute Gasteiger partial charge is 0.393 e. The Kier molecular flexibility index (Phi) is 4.83. The summed E-state index contributed by atoms with van der Waals surface area (Å²) in [6.07, 6.45) is 1.61. The van der Waals surface area contributed by atoms with E-state index >= 15 is 0 Å². The molecule has 0 aliphatic heterocycles. The standard InChI is InChI=1S/C10H14BrN3O3/c1-7(15)3-4-13(2)10-9(14(16)17)5-8(11)6-12-10/h5-7,15H,3-4H2,1-2H3. The molecule has 0 fully saturated rings. The summed E-state index contributed by atoms with van der Waals surface area (Å²) < 4.78 is 0.567. The number of rotatable bonds is 5. The molecule has 94 valence electrons. The highest BCUT2D eigenvalue weighted by molar-refractivity contribution is 9.10. The summed E-state index contributed by atoms with van der Waals surface area (Å²) in [7, 11) is 1.71. The molecule has 0 saturated carbocycles. The van der Waals surface area contributed by atoms with E-state index in [-0.39, 0.29) is 5.69 Å². The lowest BCUT2D eigenvalue weighted by Gasteiger charge is -2.18. The molecule has 0 bridgehead atoms. The zero-order valence-electron chi connectivity index (χ0n) is 9.63. The van der Waals surface area contributed by atoms with Crippen LogP contribution in [-0.2, 0) is 0 Å². The predicted molar refractivity (Wildman–Crippen MR) is 68.2 cm³/mol. The van der Waals surface area contributed by atoms with Crippen LogP contribution in [0.3, 0.4) is 0 Å². The average Bonchev–Trinajstić information content (AvgIpc) is 2.25. The number of halogens is 1. The number of pyridine rings is 1. The summed E-state index contributed by atoms with van der Waals surface area (Å²) in [6.45, 7) is 2.18. The summed E-state index contributed by atoms with van der Waals surface area (Å²) in [6, 6.07) is 1.42. The first kappa shape index (κ1) is 13.9. The van der Waals surface area contributed by atoms with Crippen LogP contribution in [-0.4, -0.2) is 34.7 Å². The molecule has 1 aromatic rings. The molecule has 0 aliphatic rings. The van der Waals surface area contributed by atoms with Crippen molar-refractivity contribution in [3.8, 4) is 0 Å². The van der Waals surface area contributed by atoms with Gasteiger partial charge in [-0.1, -0.05) is 0 Å². The quantitative estimate of drug-likeness (QED) is 0.664. The van der Waals surface area contributed by atoms with Crippen LogP contribution in [0.15, 0.2) is 16.7 Å². The van der Waals surface area contributed by atoms with Gasteiger partial charge in [0.2, 0.25) is 5.82 Å². The number of hydrogen-bond donors (Lipinski definition) is 1. The third kappa shape index (κ3) is 3.94. The molecule has 0 spiro atoms. The maximum Gasteiger partial charge on any atom is 0.312 e. The average molecular weight is 304 g/mol. The van der Waals surface area contributed by atoms with Crippen molar-refractivity contribution in [3.63, 3.8) is 0 Å². The van der Waals surface area contributed by atoms with Crippen molar-refractivity contribution in [2.45, 2.75) is 19.4 Å². The molecule has 6 nitrogen and oxygen atoms in total. The second-order valence-electron chi connectivity index (χ2n) is 3.81. The van der Waals surface area contributed by atoms with Crippen molar-refractivity contribution in [1.82, 2.24) is 4.98 Å². The third-order valence-electron chi connectivity index (χ3n) is 2.25. The Balaban J connectivity index is 2.92. The summed E-state index contributed by atoms with van der Waals surface area (Å²) in [5.74, 6) is 0.304. The number of aromatic nitrogens is 1. The smallest absolute Gasteiger partial charge is 0.312 e. The fraction of sp³-hybridized carbons (Fsp3) is 0.500. The molecule has 1 aromatic heterocycles.